The van der Waals surface area contributed by atoms with E-state index in [0.717, 1.165) is 19.1 Å². The third kappa shape index (κ3) is 2.49. The second-order valence-electron chi connectivity index (χ2n) is 4.16. The van der Waals surface area contributed by atoms with E-state index in [2.05, 4.69) is 13.8 Å². The van der Waals surface area contributed by atoms with E-state index in [-0.39, 0.29) is 0 Å². The molecular formula is C10H16O. The minimum Gasteiger partial charge on any atom is -0.299 e. The average Bonchev–Trinajstić information content (AvgIpc) is 1.85. The molecule has 0 heterocycles. The van der Waals surface area contributed by atoms with E-state index >= 15 is 0 Å². The van der Waals surface area contributed by atoms with Crippen LogP contribution in [0.15, 0.2) is 11.6 Å². The van der Waals surface area contributed by atoms with Crippen LogP contribution >= 0.6 is 0 Å². The van der Waals surface area contributed by atoms with E-state index in [1.54, 1.807) is 6.08 Å². The number of carbonyl (C=O) groups is 1. The lowest BCUT2D eigenvalue weighted by atomic mass is 9.75. The van der Waals surface area contributed by atoms with Crippen LogP contribution in [0.3, 0.4) is 0 Å². The second kappa shape index (κ2) is 3.21. The summed E-state index contributed by atoms with van der Waals surface area (Å²) in [4.78, 5) is 10.2. The summed E-state index contributed by atoms with van der Waals surface area (Å²) in [6.45, 7) is 4.54. The normalized spacial score (nSPS) is 26.9. The van der Waals surface area contributed by atoms with Gasteiger partial charge in [0.15, 0.2) is 0 Å². The average molecular weight is 152 g/mol. The predicted octanol–water partition coefficient (Wildman–Crippen LogP) is 2.71. The van der Waals surface area contributed by atoms with Gasteiger partial charge >= 0.3 is 0 Å². The van der Waals surface area contributed by atoms with Crippen molar-refractivity contribution in [3.63, 3.8) is 0 Å². The van der Waals surface area contributed by atoms with Crippen LogP contribution in [0.5, 0.6) is 0 Å². The minimum atomic E-state index is 0.424. The van der Waals surface area contributed by atoms with Crippen molar-refractivity contribution in [3.05, 3.63) is 11.6 Å². The van der Waals surface area contributed by atoms with E-state index in [0.29, 0.717) is 5.41 Å². The van der Waals surface area contributed by atoms with Crippen molar-refractivity contribution in [2.24, 2.45) is 5.41 Å². The number of allylic oxidation sites excluding steroid dienone is 2. The summed E-state index contributed by atoms with van der Waals surface area (Å²) >= 11 is 0. The Kier molecular flexibility index (Phi) is 2.48. The van der Waals surface area contributed by atoms with E-state index in [4.69, 9.17) is 0 Å². The molecule has 1 saturated carbocycles. The van der Waals surface area contributed by atoms with Crippen LogP contribution in [0.25, 0.3) is 0 Å². The second-order valence-corrected chi connectivity index (χ2v) is 4.16. The van der Waals surface area contributed by atoms with Crippen LogP contribution in [0.1, 0.15) is 39.5 Å². The molecule has 0 radical (unpaired) electrons. The Morgan fingerprint density at radius 3 is 2.73 bits per heavy atom. The Labute approximate surface area is 68.5 Å². The van der Waals surface area contributed by atoms with Gasteiger partial charge < -0.3 is 0 Å². The van der Waals surface area contributed by atoms with Gasteiger partial charge in [0.2, 0.25) is 0 Å². The van der Waals surface area contributed by atoms with Crippen LogP contribution in [-0.4, -0.2) is 6.29 Å². The maximum Gasteiger partial charge on any atom is 0.142 e. The topological polar surface area (TPSA) is 17.1 Å². The first-order valence-corrected chi connectivity index (χ1v) is 4.27. The highest BCUT2D eigenvalue weighted by molar-refractivity contribution is 5.66. The lowest BCUT2D eigenvalue weighted by Gasteiger charge is -2.30. The van der Waals surface area contributed by atoms with E-state index in [1.807, 2.05) is 0 Å². The maximum absolute atomic E-state index is 10.2. The highest BCUT2D eigenvalue weighted by Crippen LogP contribution is 2.37. The van der Waals surface area contributed by atoms with Crippen molar-refractivity contribution in [3.8, 4) is 0 Å². The fourth-order valence-electron chi connectivity index (χ4n) is 1.82. The zero-order valence-electron chi connectivity index (χ0n) is 7.39. The molecule has 1 rings (SSSR count). The summed E-state index contributed by atoms with van der Waals surface area (Å²) in [6.07, 6.45) is 7.42. The smallest absolute Gasteiger partial charge is 0.142 e. The van der Waals surface area contributed by atoms with Gasteiger partial charge in [0.25, 0.3) is 0 Å². The van der Waals surface area contributed by atoms with Crippen LogP contribution in [0.4, 0.5) is 0 Å². The molecule has 0 aliphatic heterocycles. The zero-order chi connectivity index (χ0) is 8.32. The number of rotatable bonds is 1. The first-order valence-electron chi connectivity index (χ1n) is 4.27. The van der Waals surface area contributed by atoms with Crippen LogP contribution in [0, 0.1) is 5.41 Å². The van der Waals surface area contributed by atoms with E-state index < -0.39 is 0 Å². The van der Waals surface area contributed by atoms with Gasteiger partial charge in [-0.3, -0.25) is 4.79 Å². The van der Waals surface area contributed by atoms with Crippen molar-refractivity contribution in [1.29, 1.82) is 0 Å². The molecule has 1 fully saturated rings. The molecule has 0 bridgehead atoms. The van der Waals surface area contributed by atoms with Crippen LogP contribution in [-0.2, 0) is 4.79 Å². The molecule has 0 aromatic carbocycles. The number of hydrogen-bond donors (Lipinski definition) is 0. The lowest BCUT2D eigenvalue weighted by molar-refractivity contribution is -0.104. The zero-order valence-corrected chi connectivity index (χ0v) is 7.39. The van der Waals surface area contributed by atoms with Gasteiger partial charge in [-0.2, -0.15) is 0 Å². The van der Waals surface area contributed by atoms with Gasteiger partial charge in [-0.15, -0.1) is 0 Å². The fraction of sp³-hybridized carbons (Fsp3) is 0.700. The van der Waals surface area contributed by atoms with Crippen molar-refractivity contribution in [2.75, 3.05) is 0 Å². The van der Waals surface area contributed by atoms with Gasteiger partial charge in [0.05, 0.1) is 0 Å². The van der Waals surface area contributed by atoms with Gasteiger partial charge in [0, 0.05) is 0 Å². The molecule has 0 amide bonds. The van der Waals surface area contributed by atoms with Crippen molar-refractivity contribution >= 4 is 6.29 Å². The molecular weight excluding hydrogens is 136 g/mol. The van der Waals surface area contributed by atoms with Crippen molar-refractivity contribution in [2.45, 2.75) is 39.5 Å². The molecule has 1 nitrogen and oxygen atoms in total. The fourth-order valence-corrected chi connectivity index (χ4v) is 1.82. The van der Waals surface area contributed by atoms with Crippen LogP contribution < -0.4 is 0 Å². The maximum atomic E-state index is 10.2. The summed E-state index contributed by atoms with van der Waals surface area (Å²) in [7, 11) is 0. The standard InChI is InChI=1S/C10H16O/c1-10(2)6-3-4-9(8-10)5-7-11/h5,7H,3-4,6,8H2,1-2H3/b9-5+. The van der Waals surface area contributed by atoms with Gasteiger partial charge in [-0.1, -0.05) is 19.4 Å². The quantitative estimate of drug-likeness (QED) is 0.417. The molecule has 0 N–H and O–H groups in total. The molecule has 0 aromatic rings. The Morgan fingerprint density at radius 2 is 2.18 bits per heavy atom. The van der Waals surface area contributed by atoms with Gasteiger partial charge in [-0.05, 0) is 37.2 Å². The van der Waals surface area contributed by atoms with Gasteiger partial charge in [-0.25, -0.2) is 0 Å². The summed E-state index contributed by atoms with van der Waals surface area (Å²) in [5.74, 6) is 0. The van der Waals surface area contributed by atoms with Crippen molar-refractivity contribution in [1.82, 2.24) is 0 Å². The first-order chi connectivity index (χ1) is 5.14. The molecule has 0 saturated heterocycles. The Hall–Kier alpha value is -0.590. The third-order valence-corrected chi connectivity index (χ3v) is 2.36. The molecule has 11 heavy (non-hydrogen) atoms. The summed E-state index contributed by atoms with van der Waals surface area (Å²) in [5, 5.41) is 0. The molecule has 1 aliphatic rings. The molecule has 0 atom stereocenters. The minimum absolute atomic E-state index is 0.424. The molecule has 0 spiro atoms. The third-order valence-electron chi connectivity index (χ3n) is 2.36. The molecule has 1 aliphatic carbocycles. The Balaban J connectivity index is 2.60. The van der Waals surface area contributed by atoms with Gasteiger partial charge in [0.1, 0.15) is 6.29 Å². The van der Waals surface area contributed by atoms with Crippen LogP contribution in [0.2, 0.25) is 0 Å². The lowest BCUT2D eigenvalue weighted by Crippen LogP contribution is -2.17. The summed E-state index contributed by atoms with van der Waals surface area (Å²) < 4.78 is 0. The number of aldehydes is 1. The predicted molar refractivity (Wildman–Crippen MR) is 46.4 cm³/mol. The highest BCUT2D eigenvalue weighted by atomic mass is 16.1. The molecule has 0 unspecified atom stereocenters. The largest absolute Gasteiger partial charge is 0.299 e. The molecule has 62 valence electrons. The monoisotopic (exact) mass is 152 g/mol. The summed E-state index contributed by atoms with van der Waals surface area (Å²) in [5.41, 5.74) is 1.75. The Bertz CT molecular complexity index is 177. The highest BCUT2D eigenvalue weighted by Gasteiger charge is 2.23. The summed E-state index contributed by atoms with van der Waals surface area (Å²) in [6, 6.07) is 0. The molecule has 1 heteroatoms. The number of hydrogen-bond acceptors (Lipinski definition) is 1. The SMILES string of the molecule is CC1(C)CCC/C(=C\C=O)C1. The Morgan fingerprint density at radius 1 is 1.45 bits per heavy atom. The first kappa shape index (κ1) is 8.51. The van der Waals surface area contributed by atoms with Crippen molar-refractivity contribution < 1.29 is 4.79 Å². The van der Waals surface area contributed by atoms with E-state index in [9.17, 15) is 4.79 Å². The number of carbonyl (C=O) groups excluding carboxylic acids is 1. The van der Waals surface area contributed by atoms with E-state index in [1.165, 1.54) is 18.4 Å². The molecule has 0 aromatic heterocycles.